The van der Waals surface area contributed by atoms with Crippen LogP contribution in [0.15, 0.2) is 23.2 Å². The molecule has 194 valence electrons. The number of carbonyl (C=O) groups excluding carboxylic acids is 2. The first-order valence-electron chi connectivity index (χ1n) is 11.2. The van der Waals surface area contributed by atoms with Crippen molar-refractivity contribution < 1.29 is 32.3 Å². The van der Waals surface area contributed by atoms with Crippen molar-refractivity contribution in [1.29, 1.82) is 0 Å². The molecular weight excluding hydrogens is 483 g/mol. The van der Waals surface area contributed by atoms with Crippen LogP contribution in [0.4, 0.5) is 13.2 Å². The summed E-state index contributed by atoms with van der Waals surface area (Å²) < 4.78 is 46.9. The number of nitrogens with zero attached hydrogens (tertiary/aromatic N) is 2. The number of hydrogen-bond acceptors (Lipinski definition) is 6. The summed E-state index contributed by atoms with van der Waals surface area (Å²) >= 11 is 1.11. The third-order valence-electron chi connectivity index (χ3n) is 4.86. The van der Waals surface area contributed by atoms with Crippen molar-refractivity contribution in [2.75, 3.05) is 0 Å². The van der Waals surface area contributed by atoms with Gasteiger partial charge in [-0.15, -0.1) is 11.3 Å². The quantitative estimate of drug-likeness (QED) is 0.383. The van der Waals surface area contributed by atoms with Crippen LogP contribution < -0.4 is 15.1 Å². The number of aromatic nitrogens is 1. The highest BCUT2D eigenvalue weighted by Crippen LogP contribution is 2.33. The molecule has 0 spiro atoms. The molecule has 2 aromatic rings. The van der Waals surface area contributed by atoms with Gasteiger partial charge < -0.3 is 14.1 Å². The molecule has 0 aliphatic rings. The lowest BCUT2D eigenvalue weighted by Crippen LogP contribution is -2.38. The Balaban J connectivity index is 2.61. The molecule has 0 aliphatic carbocycles. The lowest BCUT2D eigenvalue weighted by molar-refractivity contribution is -0.137. The van der Waals surface area contributed by atoms with Crippen LogP contribution in [-0.2, 0) is 18.0 Å². The number of nitrogens with one attached hydrogen (secondary N) is 1. The molecule has 11 heteroatoms. The zero-order valence-corrected chi connectivity index (χ0v) is 22.0. The number of carbonyl (C=O) groups is 2. The van der Waals surface area contributed by atoms with Gasteiger partial charge in [-0.2, -0.15) is 23.6 Å². The second kappa shape index (κ2) is 10.9. The Morgan fingerprint density at radius 3 is 2.31 bits per heavy atom. The smallest absolute Gasteiger partial charge is 0.416 e. The maximum Gasteiger partial charge on any atom is 0.416 e. The maximum absolute atomic E-state index is 13.3. The van der Waals surface area contributed by atoms with E-state index in [0.717, 1.165) is 23.5 Å². The van der Waals surface area contributed by atoms with E-state index in [1.54, 1.807) is 34.7 Å². The zero-order valence-electron chi connectivity index (χ0n) is 21.2. The van der Waals surface area contributed by atoms with Gasteiger partial charge in [0.15, 0.2) is 10.6 Å². The fraction of sp³-hybridized carbons (Fsp3) is 0.542. The van der Waals surface area contributed by atoms with E-state index in [1.165, 1.54) is 4.57 Å². The third-order valence-corrected chi connectivity index (χ3v) is 6.29. The van der Waals surface area contributed by atoms with E-state index < -0.39 is 29.2 Å². The number of halogens is 3. The van der Waals surface area contributed by atoms with Crippen molar-refractivity contribution in [3.63, 3.8) is 0 Å². The summed E-state index contributed by atoms with van der Waals surface area (Å²) in [5.74, 6) is -1.65. The van der Waals surface area contributed by atoms with Gasteiger partial charge in [-0.05, 0) is 58.2 Å². The number of ether oxygens (including phenoxy) is 1. The first-order valence-corrected chi connectivity index (χ1v) is 12.0. The Labute approximate surface area is 206 Å². The van der Waals surface area contributed by atoms with Crippen LogP contribution in [0, 0.1) is 0 Å². The summed E-state index contributed by atoms with van der Waals surface area (Å²) in [6.07, 6.45) is -4.33. The highest BCUT2D eigenvalue weighted by Gasteiger charge is 2.32. The average molecular weight is 516 g/mol. The molecular formula is C24H32F3N3O4S. The van der Waals surface area contributed by atoms with Gasteiger partial charge in [0.2, 0.25) is 0 Å². The molecule has 0 fully saturated rings. The van der Waals surface area contributed by atoms with Crippen molar-refractivity contribution in [3.05, 3.63) is 44.7 Å². The molecule has 1 unspecified atom stereocenters. The molecule has 0 bridgehead atoms. The summed E-state index contributed by atoms with van der Waals surface area (Å²) in [5.41, 5.74) is 1.06. The first-order chi connectivity index (χ1) is 16.0. The molecule has 2 rings (SSSR count). The molecule has 1 aromatic heterocycles. The minimum atomic E-state index is -4.66. The molecule has 1 aromatic carbocycles. The summed E-state index contributed by atoms with van der Waals surface area (Å²) in [7, 11) is 1.56. The Morgan fingerprint density at radius 2 is 1.80 bits per heavy atom. The molecule has 1 N–H and O–H groups in total. The van der Waals surface area contributed by atoms with Crippen molar-refractivity contribution in [3.8, 4) is 5.75 Å². The fourth-order valence-electron chi connectivity index (χ4n) is 2.84. The van der Waals surface area contributed by atoms with Crippen LogP contribution in [0.5, 0.6) is 5.75 Å². The minimum absolute atomic E-state index is 0.0758. The van der Waals surface area contributed by atoms with Gasteiger partial charge in [-0.1, -0.05) is 20.8 Å². The standard InChI is InChI=1S/C24H32F3N3O4S/c1-9-14(4)33-21(32)18-19(13(2)3)35-22(30(18)8)28-20(31)16-12-15(24(25,26)27)10-11-17(16)34-29-23(5,6)7/h10-14,29H,9H2,1-8H3. The van der Waals surface area contributed by atoms with Crippen LogP contribution in [0.25, 0.3) is 0 Å². The average Bonchev–Trinajstić information content (AvgIpc) is 3.07. The van der Waals surface area contributed by atoms with Crippen LogP contribution in [0.2, 0.25) is 0 Å². The summed E-state index contributed by atoms with van der Waals surface area (Å²) in [5, 5.41) is 0. The Kier molecular flexibility index (Phi) is 8.94. The van der Waals surface area contributed by atoms with Gasteiger partial charge in [0.05, 0.1) is 17.2 Å². The van der Waals surface area contributed by atoms with Gasteiger partial charge in [0.25, 0.3) is 5.91 Å². The number of amides is 1. The maximum atomic E-state index is 13.3. The number of benzene rings is 1. The van der Waals surface area contributed by atoms with E-state index in [2.05, 4.69) is 10.5 Å². The van der Waals surface area contributed by atoms with E-state index in [1.807, 2.05) is 20.8 Å². The van der Waals surface area contributed by atoms with Crippen LogP contribution >= 0.6 is 11.3 Å². The molecule has 0 saturated heterocycles. The number of hydroxylamine groups is 1. The van der Waals surface area contributed by atoms with E-state index in [9.17, 15) is 22.8 Å². The molecule has 0 radical (unpaired) electrons. The summed E-state index contributed by atoms with van der Waals surface area (Å²) in [6.45, 7) is 12.8. The van der Waals surface area contributed by atoms with Gasteiger partial charge >= 0.3 is 12.1 Å². The van der Waals surface area contributed by atoms with E-state index in [0.29, 0.717) is 17.4 Å². The largest absolute Gasteiger partial charge is 0.458 e. The lowest BCUT2D eigenvalue weighted by atomic mass is 10.1. The monoisotopic (exact) mass is 515 g/mol. The zero-order chi connectivity index (χ0) is 26.7. The van der Waals surface area contributed by atoms with E-state index >= 15 is 0 Å². The number of esters is 1. The fourth-order valence-corrected chi connectivity index (χ4v) is 3.95. The summed E-state index contributed by atoms with van der Waals surface area (Å²) in [4.78, 5) is 36.2. The Bertz CT molecular complexity index is 1140. The first kappa shape index (κ1) is 28.6. The summed E-state index contributed by atoms with van der Waals surface area (Å²) in [6, 6.07) is 2.62. The van der Waals surface area contributed by atoms with E-state index in [4.69, 9.17) is 9.57 Å². The van der Waals surface area contributed by atoms with Crippen molar-refractivity contribution in [2.45, 2.75) is 78.6 Å². The minimum Gasteiger partial charge on any atom is -0.458 e. The number of hydrogen-bond donors (Lipinski definition) is 1. The second-order valence-electron chi connectivity index (χ2n) is 9.52. The lowest BCUT2D eigenvalue weighted by Gasteiger charge is -2.21. The van der Waals surface area contributed by atoms with Crippen LogP contribution in [0.3, 0.4) is 0 Å². The van der Waals surface area contributed by atoms with Crippen molar-refractivity contribution >= 4 is 23.2 Å². The van der Waals surface area contributed by atoms with Crippen molar-refractivity contribution in [2.24, 2.45) is 12.0 Å². The van der Waals surface area contributed by atoms with Gasteiger partial charge in [-0.25, -0.2) is 4.79 Å². The molecule has 0 aliphatic heterocycles. The highest BCUT2D eigenvalue weighted by molar-refractivity contribution is 7.09. The molecule has 35 heavy (non-hydrogen) atoms. The van der Waals surface area contributed by atoms with Crippen LogP contribution in [0.1, 0.15) is 92.1 Å². The molecule has 7 nitrogen and oxygen atoms in total. The van der Waals surface area contributed by atoms with Gasteiger partial charge in [0.1, 0.15) is 5.69 Å². The Hall–Kier alpha value is -2.66. The molecule has 0 saturated carbocycles. The van der Waals surface area contributed by atoms with Crippen LogP contribution in [-0.4, -0.2) is 28.1 Å². The topological polar surface area (TPSA) is 81.9 Å². The normalized spacial score (nSPS) is 13.8. The third kappa shape index (κ3) is 7.41. The molecule has 1 amide bonds. The SMILES string of the molecule is CCC(C)OC(=O)c1c(C(C)C)sc(=NC(=O)c2cc(C(F)(F)F)ccc2ONC(C)(C)C)n1C. The van der Waals surface area contributed by atoms with Gasteiger partial charge in [-0.3, -0.25) is 4.79 Å². The Morgan fingerprint density at radius 1 is 1.17 bits per heavy atom. The number of rotatable bonds is 7. The highest BCUT2D eigenvalue weighted by atomic mass is 32.1. The molecule has 1 atom stereocenters. The second-order valence-corrected chi connectivity index (χ2v) is 10.5. The predicted octanol–water partition coefficient (Wildman–Crippen LogP) is 5.61. The van der Waals surface area contributed by atoms with Crippen molar-refractivity contribution in [1.82, 2.24) is 10.0 Å². The number of thiazole rings is 1. The van der Waals surface area contributed by atoms with Gasteiger partial charge in [0, 0.05) is 17.5 Å². The van der Waals surface area contributed by atoms with E-state index in [-0.39, 0.29) is 33.8 Å². The number of alkyl halides is 3. The molecule has 1 heterocycles. The predicted molar refractivity (Wildman–Crippen MR) is 127 cm³/mol.